The third-order valence-electron chi connectivity index (χ3n) is 3.18. The first-order valence-corrected chi connectivity index (χ1v) is 9.11. The molecule has 2 aromatic heterocycles. The maximum absolute atomic E-state index is 12.1. The van der Waals surface area contributed by atoms with E-state index in [0.717, 1.165) is 15.0 Å². The third-order valence-corrected chi connectivity index (χ3v) is 5.56. The van der Waals surface area contributed by atoms with E-state index in [2.05, 4.69) is 58.3 Å². The van der Waals surface area contributed by atoms with Crippen molar-refractivity contribution in [3.63, 3.8) is 0 Å². The summed E-state index contributed by atoms with van der Waals surface area (Å²) in [6.45, 7) is 4.14. The second-order valence-electron chi connectivity index (χ2n) is 4.91. The lowest BCUT2D eigenvalue weighted by Gasteiger charge is -2.03. The Morgan fingerprint density at radius 2 is 2.05 bits per heavy atom. The SMILES string of the molecule is Cc1ccc(-c2csc(NC(=O)c3ccc(Br)s3)n2)c(C)c1. The smallest absolute Gasteiger partial charge is 0.267 e. The van der Waals surface area contributed by atoms with Crippen LogP contribution in [0.2, 0.25) is 0 Å². The molecule has 112 valence electrons. The molecule has 0 saturated heterocycles. The maximum atomic E-state index is 12.1. The van der Waals surface area contributed by atoms with E-state index < -0.39 is 0 Å². The molecule has 0 aliphatic carbocycles. The topological polar surface area (TPSA) is 42.0 Å². The molecule has 3 aromatic rings. The summed E-state index contributed by atoms with van der Waals surface area (Å²) in [5.41, 5.74) is 4.41. The van der Waals surface area contributed by atoms with Crippen LogP contribution in [0.5, 0.6) is 0 Å². The van der Waals surface area contributed by atoms with Crippen LogP contribution in [0.1, 0.15) is 20.8 Å². The summed E-state index contributed by atoms with van der Waals surface area (Å²) in [5, 5.41) is 5.44. The van der Waals surface area contributed by atoms with Crippen molar-refractivity contribution >= 4 is 49.6 Å². The van der Waals surface area contributed by atoms with Gasteiger partial charge in [0.05, 0.1) is 14.4 Å². The summed E-state index contributed by atoms with van der Waals surface area (Å²) in [7, 11) is 0. The number of hydrogen-bond donors (Lipinski definition) is 1. The average Bonchev–Trinajstić information content (AvgIpc) is 3.08. The second kappa shape index (κ2) is 6.32. The predicted molar refractivity (Wildman–Crippen MR) is 97.0 cm³/mol. The van der Waals surface area contributed by atoms with E-state index in [9.17, 15) is 4.79 Å². The number of halogens is 1. The van der Waals surface area contributed by atoms with Crippen LogP contribution in [0, 0.1) is 13.8 Å². The van der Waals surface area contributed by atoms with E-state index in [1.807, 2.05) is 11.4 Å². The van der Waals surface area contributed by atoms with Crippen LogP contribution in [-0.2, 0) is 0 Å². The molecule has 0 unspecified atom stereocenters. The van der Waals surface area contributed by atoms with E-state index in [4.69, 9.17) is 0 Å². The first-order chi connectivity index (χ1) is 10.5. The first kappa shape index (κ1) is 15.4. The normalized spacial score (nSPS) is 10.7. The van der Waals surface area contributed by atoms with Crippen LogP contribution in [0.3, 0.4) is 0 Å². The van der Waals surface area contributed by atoms with Crippen LogP contribution in [0.4, 0.5) is 5.13 Å². The van der Waals surface area contributed by atoms with Crippen molar-refractivity contribution in [2.75, 3.05) is 5.32 Å². The highest BCUT2D eigenvalue weighted by molar-refractivity contribution is 9.11. The summed E-state index contributed by atoms with van der Waals surface area (Å²) < 4.78 is 0.938. The minimum atomic E-state index is -0.128. The van der Waals surface area contributed by atoms with Crippen LogP contribution in [-0.4, -0.2) is 10.9 Å². The molecule has 0 radical (unpaired) electrons. The van der Waals surface area contributed by atoms with Crippen LogP contribution < -0.4 is 5.32 Å². The van der Waals surface area contributed by atoms with Gasteiger partial charge in [-0.3, -0.25) is 10.1 Å². The number of carbonyl (C=O) groups is 1. The van der Waals surface area contributed by atoms with E-state index in [-0.39, 0.29) is 5.91 Å². The molecule has 0 aliphatic rings. The fourth-order valence-electron chi connectivity index (χ4n) is 2.15. The van der Waals surface area contributed by atoms with Gasteiger partial charge in [0.1, 0.15) is 0 Å². The van der Waals surface area contributed by atoms with Gasteiger partial charge >= 0.3 is 0 Å². The second-order valence-corrected chi connectivity index (χ2v) is 8.24. The third kappa shape index (κ3) is 3.29. The molecule has 1 N–H and O–H groups in total. The summed E-state index contributed by atoms with van der Waals surface area (Å²) in [6.07, 6.45) is 0. The molecule has 1 aromatic carbocycles. The van der Waals surface area contributed by atoms with E-state index in [1.54, 1.807) is 6.07 Å². The fourth-order valence-corrected chi connectivity index (χ4v) is 4.14. The zero-order valence-electron chi connectivity index (χ0n) is 12.0. The molecule has 22 heavy (non-hydrogen) atoms. The van der Waals surface area contributed by atoms with Gasteiger partial charge < -0.3 is 0 Å². The van der Waals surface area contributed by atoms with Crippen LogP contribution in [0.15, 0.2) is 39.5 Å². The van der Waals surface area contributed by atoms with Crippen LogP contribution >= 0.6 is 38.6 Å². The van der Waals surface area contributed by atoms with Gasteiger partial charge in [-0.2, -0.15) is 0 Å². The quantitative estimate of drug-likeness (QED) is 0.638. The van der Waals surface area contributed by atoms with Crippen molar-refractivity contribution in [3.05, 3.63) is 55.5 Å². The fraction of sp³-hybridized carbons (Fsp3) is 0.125. The van der Waals surface area contributed by atoms with Gasteiger partial charge in [-0.15, -0.1) is 22.7 Å². The van der Waals surface area contributed by atoms with Gasteiger partial charge in [0.15, 0.2) is 5.13 Å². The number of thiophene rings is 1. The predicted octanol–water partition coefficient (Wildman–Crippen LogP) is 5.50. The number of nitrogens with one attached hydrogen (secondary N) is 1. The van der Waals surface area contributed by atoms with E-state index >= 15 is 0 Å². The monoisotopic (exact) mass is 392 g/mol. The van der Waals surface area contributed by atoms with Gasteiger partial charge in [0.2, 0.25) is 0 Å². The first-order valence-electron chi connectivity index (χ1n) is 6.63. The van der Waals surface area contributed by atoms with E-state index in [0.29, 0.717) is 10.0 Å². The lowest BCUT2D eigenvalue weighted by molar-refractivity contribution is 0.103. The summed E-state index contributed by atoms with van der Waals surface area (Å²) in [6, 6.07) is 9.94. The molecule has 0 atom stereocenters. The molecule has 3 nitrogen and oxygen atoms in total. The van der Waals surface area contributed by atoms with Crippen LogP contribution in [0.25, 0.3) is 11.3 Å². The minimum Gasteiger partial charge on any atom is -0.297 e. The number of aromatic nitrogens is 1. The highest BCUT2D eigenvalue weighted by Crippen LogP contribution is 2.29. The largest absolute Gasteiger partial charge is 0.297 e. The van der Waals surface area contributed by atoms with Gasteiger partial charge in [-0.1, -0.05) is 23.8 Å². The molecular formula is C16H13BrN2OS2. The highest BCUT2D eigenvalue weighted by Gasteiger charge is 2.12. The van der Waals surface area contributed by atoms with Crippen molar-refractivity contribution in [2.45, 2.75) is 13.8 Å². The zero-order chi connectivity index (χ0) is 15.7. The standard InChI is InChI=1S/C16H13BrN2OS2/c1-9-3-4-11(10(2)7-9)12-8-21-16(18-12)19-15(20)13-5-6-14(17)22-13/h3-8H,1-2H3,(H,18,19,20). The number of nitrogens with zero attached hydrogens (tertiary/aromatic N) is 1. The number of rotatable bonds is 3. The van der Waals surface area contributed by atoms with Crippen molar-refractivity contribution in [1.29, 1.82) is 0 Å². The molecule has 6 heteroatoms. The number of amides is 1. The van der Waals surface area contributed by atoms with Crippen molar-refractivity contribution in [2.24, 2.45) is 0 Å². The Hall–Kier alpha value is -1.50. The van der Waals surface area contributed by atoms with Gasteiger partial charge in [-0.05, 0) is 47.5 Å². The Bertz CT molecular complexity index is 838. The number of carbonyl (C=O) groups excluding carboxylic acids is 1. The van der Waals surface area contributed by atoms with Gasteiger partial charge in [0.25, 0.3) is 5.91 Å². The Kier molecular flexibility index (Phi) is 4.42. The molecule has 3 rings (SSSR count). The summed E-state index contributed by atoms with van der Waals surface area (Å²) in [4.78, 5) is 17.3. The zero-order valence-corrected chi connectivity index (χ0v) is 15.2. The Labute approximate surface area is 145 Å². The molecule has 0 fully saturated rings. The van der Waals surface area contributed by atoms with Crippen molar-refractivity contribution in [3.8, 4) is 11.3 Å². The summed E-state index contributed by atoms with van der Waals surface area (Å²) >= 11 is 6.20. The number of anilines is 1. The lowest BCUT2D eigenvalue weighted by Crippen LogP contribution is -2.09. The number of benzene rings is 1. The Morgan fingerprint density at radius 1 is 1.23 bits per heavy atom. The van der Waals surface area contributed by atoms with Crippen molar-refractivity contribution < 1.29 is 4.79 Å². The lowest BCUT2D eigenvalue weighted by atomic mass is 10.0. The number of aryl methyl sites for hydroxylation is 2. The molecule has 0 bridgehead atoms. The van der Waals surface area contributed by atoms with Gasteiger partial charge in [0, 0.05) is 10.9 Å². The maximum Gasteiger partial charge on any atom is 0.267 e. The van der Waals surface area contributed by atoms with Crippen molar-refractivity contribution in [1.82, 2.24) is 4.98 Å². The molecule has 0 saturated carbocycles. The minimum absolute atomic E-state index is 0.128. The Balaban J connectivity index is 1.80. The average molecular weight is 393 g/mol. The van der Waals surface area contributed by atoms with E-state index in [1.165, 1.54) is 33.8 Å². The van der Waals surface area contributed by atoms with Gasteiger partial charge in [-0.25, -0.2) is 4.98 Å². The molecule has 0 spiro atoms. The molecule has 1 amide bonds. The molecule has 0 aliphatic heterocycles. The highest BCUT2D eigenvalue weighted by atomic mass is 79.9. The number of thiazole rings is 1. The number of hydrogen-bond acceptors (Lipinski definition) is 4. The summed E-state index contributed by atoms with van der Waals surface area (Å²) in [5.74, 6) is -0.128. The Morgan fingerprint density at radius 3 is 2.73 bits per heavy atom. The molecule has 2 heterocycles. The molecular weight excluding hydrogens is 380 g/mol.